The Balaban J connectivity index is 2.82. The molecule has 0 spiro atoms. The van der Waals surface area contributed by atoms with Crippen LogP contribution in [0.2, 0.25) is 0 Å². The number of ether oxygens (including phenoxy) is 5. The van der Waals surface area contributed by atoms with Gasteiger partial charge in [0.1, 0.15) is 24.9 Å². The van der Waals surface area contributed by atoms with E-state index in [1.165, 1.54) is 28.1 Å². The van der Waals surface area contributed by atoms with Crippen LogP contribution in [0, 0.1) is 0 Å². The Bertz CT molecular complexity index is 344. The normalized spacial score (nSPS) is 30.9. The lowest BCUT2D eigenvalue weighted by molar-refractivity contribution is -0.182. The first kappa shape index (κ1) is 16.8. The highest BCUT2D eigenvalue weighted by Gasteiger charge is 2.49. The van der Waals surface area contributed by atoms with Crippen LogP contribution in [-0.2, 0) is 33.3 Å². The highest BCUT2D eigenvalue weighted by molar-refractivity contribution is 5.67. The third-order valence-corrected chi connectivity index (χ3v) is 2.90. The molecule has 0 aromatic rings. The number of methoxy groups -OCH3 is 2. The molecule has 0 aliphatic carbocycles. The summed E-state index contributed by atoms with van der Waals surface area (Å²) in [5.41, 5.74) is 0. The number of carbonyl (C=O) groups excluding carboxylic acids is 2. The van der Waals surface area contributed by atoms with Crippen molar-refractivity contribution in [3.05, 3.63) is 0 Å². The van der Waals surface area contributed by atoms with E-state index in [-0.39, 0.29) is 6.61 Å². The standard InChI is InChI=1S/C12H20O8/c1-6(13)18-5-8(19-7(2)14)9-10(16-3)11(17-4)12(15)20-9/h8-12,15H,5H2,1-4H3. The molecular formula is C12H20O8. The van der Waals surface area contributed by atoms with Gasteiger partial charge in [0.15, 0.2) is 12.4 Å². The van der Waals surface area contributed by atoms with E-state index < -0.39 is 42.6 Å². The van der Waals surface area contributed by atoms with Gasteiger partial charge in [-0.15, -0.1) is 0 Å². The number of carbonyl (C=O) groups is 2. The van der Waals surface area contributed by atoms with Crippen molar-refractivity contribution in [2.24, 2.45) is 0 Å². The molecule has 0 aromatic heterocycles. The van der Waals surface area contributed by atoms with E-state index in [1.807, 2.05) is 0 Å². The molecule has 0 aromatic carbocycles. The Labute approximate surface area is 116 Å². The van der Waals surface area contributed by atoms with Crippen molar-refractivity contribution in [2.75, 3.05) is 20.8 Å². The third-order valence-electron chi connectivity index (χ3n) is 2.90. The van der Waals surface area contributed by atoms with Crippen molar-refractivity contribution in [3.8, 4) is 0 Å². The Kier molecular flexibility index (Phi) is 6.34. The lowest BCUT2D eigenvalue weighted by Gasteiger charge is -2.26. The summed E-state index contributed by atoms with van der Waals surface area (Å²) >= 11 is 0. The molecule has 1 N–H and O–H groups in total. The molecule has 0 amide bonds. The molecule has 0 radical (unpaired) electrons. The van der Waals surface area contributed by atoms with Gasteiger partial charge in [0.25, 0.3) is 0 Å². The van der Waals surface area contributed by atoms with Crippen LogP contribution < -0.4 is 0 Å². The van der Waals surface area contributed by atoms with E-state index in [4.69, 9.17) is 23.7 Å². The number of hydrogen-bond acceptors (Lipinski definition) is 8. The molecule has 5 atom stereocenters. The van der Waals surface area contributed by atoms with Gasteiger partial charge in [0, 0.05) is 28.1 Å². The van der Waals surface area contributed by atoms with Crippen LogP contribution in [0.3, 0.4) is 0 Å². The summed E-state index contributed by atoms with van der Waals surface area (Å²) < 4.78 is 25.5. The summed E-state index contributed by atoms with van der Waals surface area (Å²) in [7, 11) is 2.82. The number of hydrogen-bond donors (Lipinski definition) is 1. The van der Waals surface area contributed by atoms with Crippen LogP contribution in [0.25, 0.3) is 0 Å². The highest BCUT2D eigenvalue weighted by Crippen LogP contribution is 2.28. The van der Waals surface area contributed by atoms with E-state index in [1.54, 1.807) is 0 Å². The van der Waals surface area contributed by atoms with Gasteiger partial charge < -0.3 is 28.8 Å². The Morgan fingerprint density at radius 2 is 1.75 bits per heavy atom. The van der Waals surface area contributed by atoms with Crippen molar-refractivity contribution < 1.29 is 38.4 Å². The zero-order chi connectivity index (χ0) is 15.3. The zero-order valence-electron chi connectivity index (χ0n) is 11.9. The molecule has 0 saturated carbocycles. The van der Waals surface area contributed by atoms with Crippen LogP contribution in [0.5, 0.6) is 0 Å². The fraction of sp³-hybridized carbons (Fsp3) is 0.833. The first-order chi connectivity index (χ1) is 9.40. The van der Waals surface area contributed by atoms with Gasteiger partial charge in [0.05, 0.1) is 0 Å². The second kappa shape index (κ2) is 7.53. The average molecular weight is 292 g/mol. The van der Waals surface area contributed by atoms with Gasteiger partial charge in [-0.3, -0.25) is 9.59 Å². The van der Waals surface area contributed by atoms with E-state index >= 15 is 0 Å². The Morgan fingerprint density at radius 1 is 1.15 bits per heavy atom. The molecule has 1 aliphatic heterocycles. The smallest absolute Gasteiger partial charge is 0.303 e. The average Bonchev–Trinajstić information content (AvgIpc) is 2.69. The first-order valence-electron chi connectivity index (χ1n) is 6.10. The lowest BCUT2D eigenvalue weighted by atomic mass is 10.1. The predicted octanol–water partition coefficient (Wildman–Crippen LogP) is -0.772. The molecule has 8 nitrogen and oxygen atoms in total. The monoisotopic (exact) mass is 292 g/mol. The van der Waals surface area contributed by atoms with E-state index in [0.29, 0.717) is 0 Å². The molecule has 116 valence electrons. The number of esters is 2. The van der Waals surface area contributed by atoms with Gasteiger partial charge in [-0.2, -0.15) is 0 Å². The minimum atomic E-state index is -1.22. The maximum atomic E-state index is 11.1. The second-order valence-electron chi connectivity index (χ2n) is 4.34. The number of aliphatic hydroxyl groups excluding tert-OH is 1. The van der Waals surface area contributed by atoms with Crippen molar-refractivity contribution in [3.63, 3.8) is 0 Å². The van der Waals surface area contributed by atoms with Crippen LogP contribution in [0.4, 0.5) is 0 Å². The topological polar surface area (TPSA) is 101 Å². The lowest BCUT2D eigenvalue weighted by Crippen LogP contribution is -2.45. The maximum Gasteiger partial charge on any atom is 0.303 e. The quantitative estimate of drug-likeness (QED) is 0.637. The summed E-state index contributed by atoms with van der Waals surface area (Å²) in [6.45, 7) is 2.27. The molecule has 1 rings (SSSR count). The summed E-state index contributed by atoms with van der Waals surface area (Å²) in [5.74, 6) is -1.08. The summed E-state index contributed by atoms with van der Waals surface area (Å²) in [6.07, 6.45) is -4.29. The van der Waals surface area contributed by atoms with E-state index in [2.05, 4.69) is 0 Å². The zero-order valence-corrected chi connectivity index (χ0v) is 11.9. The van der Waals surface area contributed by atoms with Crippen LogP contribution in [-0.4, -0.2) is 68.6 Å². The van der Waals surface area contributed by atoms with Gasteiger partial charge >= 0.3 is 11.9 Å². The van der Waals surface area contributed by atoms with E-state index in [0.717, 1.165) is 0 Å². The fourth-order valence-corrected chi connectivity index (χ4v) is 2.09. The van der Waals surface area contributed by atoms with Gasteiger partial charge in [-0.1, -0.05) is 0 Å². The van der Waals surface area contributed by atoms with Crippen LogP contribution in [0.1, 0.15) is 13.8 Å². The van der Waals surface area contributed by atoms with Crippen LogP contribution >= 0.6 is 0 Å². The number of aliphatic hydroxyl groups is 1. The van der Waals surface area contributed by atoms with Gasteiger partial charge in [-0.25, -0.2) is 0 Å². The largest absolute Gasteiger partial charge is 0.462 e. The van der Waals surface area contributed by atoms with Crippen molar-refractivity contribution in [2.45, 2.75) is 44.6 Å². The molecule has 5 unspecified atom stereocenters. The van der Waals surface area contributed by atoms with Crippen molar-refractivity contribution in [1.82, 2.24) is 0 Å². The third kappa shape index (κ3) is 4.14. The van der Waals surface area contributed by atoms with Crippen molar-refractivity contribution in [1.29, 1.82) is 0 Å². The predicted molar refractivity (Wildman–Crippen MR) is 64.7 cm³/mol. The minimum absolute atomic E-state index is 0.192. The minimum Gasteiger partial charge on any atom is -0.462 e. The van der Waals surface area contributed by atoms with E-state index in [9.17, 15) is 14.7 Å². The van der Waals surface area contributed by atoms with Gasteiger partial charge in [-0.05, 0) is 0 Å². The molecule has 1 fully saturated rings. The molecule has 1 aliphatic rings. The maximum absolute atomic E-state index is 11.1. The molecule has 8 heteroatoms. The summed E-state index contributed by atoms with van der Waals surface area (Å²) in [4.78, 5) is 22.0. The fourth-order valence-electron chi connectivity index (χ4n) is 2.09. The Hall–Kier alpha value is -1.22. The molecule has 20 heavy (non-hydrogen) atoms. The molecule has 1 heterocycles. The van der Waals surface area contributed by atoms with Crippen molar-refractivity contribution >= 4 is 11.9 Å². The summed E-state index contributed by atoms with van der Waals surface area (Å²) in [5, 5.41) is 9.75. The molecular weight excluding hydrogens is 272 g/mol. The molecule has 1 saturated heterocycles. The molecule has 0 bridgehead atoms. The number of rotatable bonds is 6. The Morgan fingerprint density at radius 3 is 2.20 bits per heavy atom. The highest BCUT2D eigenvalue weighted by atomic mass is 16.7. The summed E-state index contributed by atoms with van der Waals surface area (Å²) in [6, 6.07) is 0. The SMILES string of the molecule is COC1C(O)OC(C(COC(C)=O)OC(C)=O)C1OC. The van der Waals surface area contributed by atoms with Crippen LogP contribution in [0.15, 0.2) is 0 Å². The first-order valence-corrected chi connectivity index (χ1v) is 6.10. The second-order valence-corrected chi connectivity index (χ2v) is 4.34. The van der Waals surface area contributed by atoms with Gasteiger partial charge in [0.2, 0.25) is 0 Å².